The zero-order valence-electron chi connectivity index (χ0n) is 12.4. The lowest BCUT2D eigenvalue weighted by Gasteiger charge is -2.37. The van der Waals surface area contributed by atoms with Gasteiger partial charge in [0, 0.05) is 0 Å². The molecule has 20 heavy (non-hydrogen) atoms. The van der Waals surface area contributed by atoms with Crippen LogP contribution in [0.4, 0.5) is 0 Å². The molecule has 3 rings (SSSR count). The van der Waals surface area contributed by atoms with Crippen LogP contribution >= 0.6 is 0 Å². The molecule has 1 aromatic rings. The van der Waals surface area contributed by atoms with E-state index in [-0.39, 0.29) is 6.10 Å². The monoisotopic (exact) mass is 280 g/mol. The van der Waals surface area contributed by atoms with Crippen molar-refractivity contribution >= 4 is 0 Å². The standard InChI is InChI=1S/C14H18O4.C2H6/c1-10-3-2-4-12(9-10)18-14(15,16)13-7-5-11(17-13)6-8-13;1-2/h2-4,9,11,15-16H,5-8H2,1H3;1-2H3. The lowest BCUT2D eigenvalue weighted by molar-refractivity contribution is -0.371. The van der Waals surface area contributed by atoms with Gasteiger partial charge in [-0.1, -0.05) is 26.0 Å². The molecule has 0 atom stereocenters. The van der Waals surface area contributed by atoms with Gasteiger partial charge in [-0.25, -0.2) is 0 Å². The van der Waals surface area contributed by atoms with Crippen molar-refractivity contribution in [1.29, 1.82) is 0 Å². The summed E-state index contributed by atoms with van der Waals surface area (Å²) in [7, 11) is 0. The number of aryl methyl sites for hydroxylation is 1. The molecular weight excluding hydrogens is 256 g/mol. The van der Waals surface area contributed by atoms with Crippen molar-refractivity contribution in [1.82, 2.24) is 0 Å². The molecule has 0 amide bonds. The van der Waals surface area contributed by atoms with Crippen molar-refractivity contribution in [3.63, 3.8) is 0 Å². The smallest absolute Gasteiger partial charge is 0.352 e. The fraction of sp³-hybridized carbons (Fsp3) is 0.625. The predicted molar refractivity (Wildman–Crippen MR) is 76.4 cm³/mol. The average molecular weight is 280 g/mol. The second-order valence-corrected chi connectivity index (χ2v) is 5.34. The van der Waals surface area contributed by atoms with Crippen molar-refractivity contribution < 1.29 is 19.7 Å². The van der Waals surface area contributed by atoms with Gasteiger partial charge in [-0.2, -0.15) is 0 Å². The van der Waals surface area contributed by atoms with E-state index in [1.165, 1.54) is 0 Å². The zero-order chi connectivity index (χ0) is 14.8. The molecule has 0 radical (unpaired) electrons. The fourth-order valence-corrected chi connectivity index (χ4v) is 2.95. The van der Waals surface area contributed by atoms with Crippen molar-refractivity contribution in [2.24, 2.45) is 0 Å². The van der Waals surface area contributed by atoms with Gasteiger partial charge in [0.2, 0.25) is 0 Å². The highest BCUT2D eigenvalue weighted by Crippen LogP contribution is 2.49. The van der Waals surface area contributed by atoms with Crippen LogP contribution in [0, 0.1) is 6.92 Å². The van der Waals surface area contributed by atoms with Crippen LogP contribution in [0.3, 0.4) is 0 Å². The number of ether oxygens (including phenoxy) is 2. The van der Waals surface area contributed by atoms with Crippen molar-refractivity contribution in [2.45, 2.75) is 64.1 Å². The van der Waals surface area contributed by atoms with Crippen molar-refractivity contribution in [3.8, 4) is 5.75 Å². The van der Waals surface area contributed by atoms with Crippen LogP contribution in [0.15, 0.2) is 24.3 Å². The summed E-state index contributed by atoms with van der Waals surface area (Å²) in [4.78, 5) is 0. The maximum Gasteiger partial charge on any atom is 0.352 e. The molecule has 4 nitrogen and oxygen atoms in total. The summed E-state index contributed by atoms with van der Waals surface area (Å²) in [5.74, 6) is -1.81. The third kappa shape index (κ3) is 2.68. The lowest BCUT2D eigenvalue weighted by atomic mass is 9.86. The Morgan fingerprint density at radius 1 is 1.25 bits per heavy atom. The topological polar surface area (TPSA) is 58.9 Å². The lowest BCUT2D eigenvalue weighted by Crippen LogP contribution is -2.56. The van der Waals surface area contributed by atoms with Crippen LogP contribution in [0.1, 0.15) is 45.1 Å². The Kier molecular flexibility index (Phi) is 4.37. The van der Waals surface area contributed by atoms with E-state index < -0.39 is 11.6 Å². The average Bonchev–Trinajstić information content (AvgIpc) is 3.03. The van der Waals surface area contributed by atoms with Crippen molar-refractivity contribution in [3.05, 3.63) is 29.8 Å². The fourth-order valence-electron chi connectivity index (χ4n) is 2.95. The van der Waals surface area contributed by atoms with Gasteiger partial charge in [0.1, 0.15) is 5.75 Å². The first-order valence-electron chi connectivity index (χ1n) is 7.39. The van der Waals surface area contributed by atoms with Gasteiger partial charge in [0.05, 0.1) is 6.10 Å². The summed E-state index contributed by atoms with van der Waals surface area (Å²) in [5, 5.41) is 20.5. The quantitative estimate of drug-likeness (QED) is 0.836. The molecule has 2 fully saturated rings. The van der Waals surface area contributed by atoms with E-state index in [2.05, 4.69) is 0 Å². The molecule has 0 saturated carbocycles. The molecule has 2 aliphatic rings. The maximum absolute atomic E-state index is 10.2. The van der Waals surface area contributed by atoms with Crippen LogP contribution in [0.25, 0.3) is 0 Å². The van der Waals surface area contributed by atoms with E-state index >= 15 is 0 Å². The molecule has 1 aromatic carbocycles. The summed E-state index contributed by atoms with van der Waals surface area (Å²) in [6.45, 7) is 5.93. The third-order valence-electron chi connectivity index (χ3n) is 3.98. The minimum atomic E-state index is -2.26. The van der Waals surface area contributed by atoms with E-state index in [0.29, 0.717) is 18.6 Å². The van der Waals surface area contributed by atoms with Gasteiger partial charge < -0.3 is 19.7 Å². The molecule has 2 bridgehead atoms. The van der Waals surface area contributed by atoms with Crippen LogP contribution in [-0.4, -0.2) is 27.9 Å². The number of aliphatic hydroxyl groups is 2. The molecule has 0 spiro atoms. The molecule has 0 aromatic heterocycles. The van der Waals surface area contributed by atoms with Gasteiger partial charge in [-0.05, 0) is 50.3 Å². The van der Waals surface area contributed by atoms with E-state index in [1.807, 2.05) is 32.9 Å². The van der Waals surface area contributed by atoms with E-state index in [4.69, 9.17) is 9.47 Å². The van der Waals surface area contributed by atoms with Crippen LogP contribution < -0.4 is 4.74 Å². The molecule has 112 valence electrons. The van der Waals surface area contributed by atoms with Crippen LogP contribution in [-0.2, 0) is 4.74 Å². The van der Waals surface area contributed by atoms with Gasteiger partial charge in [-0.3, -0.25) is 0 Å². The Morgan fingerprint density at radius 2 is 1.90 bits per heavy atom. The maximum atomic E-state index is 10.2. The summed E-state index contributed by atoms with van der Waals surface area (Å²) < 4.78 is 11.1. The summed E-state index contributed by atoms with van der Waals surface area (Å²) in [6.07, 6.45) is 3.18. The largest absolute Gasteiger partial charge is 0.437 e. The van der Waals surface area contributed by atoms with Crippen LogP contribution in [0.2, 0.25) is 0 Å². The van der Waals surface area contributed by atoms with Gasteiger partial charge in [-0.15, -0.1) is 0 Å². The highest BCUT2D eigenvalue weighted by Gasteiger charge is 2.61. The number of fused-ring (bicyclic) bond motifs is 2. The Balaban J connectivity index is 0.000000704. The predicted octanol–water partition coefficient (Wildman–Crippen LogP) is 2.75. The third-order valence-corrected chi connectivity index (χ3v) is 3.98. The highest BCUT2D eigenvalue weighted by atomic mass is 16.8. The summed E-state index contributed by atoms with van der Waals surface area (Å²) >= 11 is 0. The molecule has 2 saturated heterocycles. The molecule has 2 heterocycles. The highest BCUT2D eigenvalue weighted by molar-refractivity contribution is 5.28. The second kappa shape index (κ2) is 5.72. The first-order chi connectivity index (χ1) is 9.51. The zero-order valence-corrected chi connectivity index (χ0v) is 12.4. The summed E-state index contributed by atoms with van der Waals surface area (Å²) in [6, 6.07) is 7.25. The summed E-state index contributed by atoms with van der Waals surface area (Å²) in [5.41, 5.74) is 0.0546. The molecule has 0 unspecified atom stereocenters. The van der Waals surface area contributed by atoms with E-state index in [1.54, 1.807) is 12.1 Å². The first kappa shape index (κ1) is 15.3. The minimum absolute atomic E-state index is 0.157. The first-order valence-corrected chi connectivity index (χ1v) is 7.39. The Hall–Kier alpha value is -1.10. The van der Waals surface area contributed by atoms with Crippen LogP contribution in [0.5, 0.6) is 5.75 Å². The number of benzene rings is 1. The van der Waals surface area contributed by atoms with E-state index in [0.717, 1.165) is 18.4 Å². The number of rotatable bonds is 3. The Morgan fingerprint density at radius 3 is 2.40 bits per heavy atom. The Bertz CT molecular complexity index is 448. The van der Waals surface area contributed by atoms with E-state index in [9.17, 15) is 10.2 Å². The SMILES string of the molecule is CC.Cc1cccc(OC(O)(O)C23CCC(CC2)O3)c1. The van der Waals surface area contributed by atoms with Gasteiger partial charge in [0.25, 0.3) is 0 Å². The Labute approximate surface area is 120 Å². The number of hydrogen-bond donors (Lipinski definition) is 2. The number of hydrogen-bond acceptors (Lipinski definition) is 4. The molecule has 2 aliphatic heterocycles. The molecule has 0 aliphatic carbocycles. The van der Waals surface area contributed by atoms with Gasteiger partial charge in [0.15, 0.2) is 5.60 Å². The molecule has 4 heteroatoms. The normalized spacial score (nSPS) is 27.9. The minimum Gasteiger partial charge on any atom is -0.437 e. The second-order valence-electron chi connectivity index (χ2n) is 5.34. The molecular formula is C16H24O4. The molecule has 2 N–H and O–H groups in total. The van der Waals surface area contributed by atoms with Gasteiger partial charge >= 0.3 is 5.97 Å². The van der Waals surface area contributed by atoms with Crippen molar-refractivity contribution in [2.75, 3.05) is 0 Å².